The third-order valence-corrected chi connectivity index (χ3v) is 7.95. The zero-order valence-corrected chi connectivity index (χ0v) is 26.3. The van der Waals surface area contributed by atoms with Crippen LogP contribution in [0.3, 0.4) is 0 Å². The molecule has 1 aromatic carbocycles. The van der Waals surface area contributed by atoms with E-state index in [-0.39, 0.29) is 43.5 Å². The molecule has 4 heterocycles. The monoisotopic (exact) mass is 720 g/mol. The van der Waals surface area contributed by atoms with E-state index in [0.717, 1.165) is 64.5 Å². The van der Waals surface area contributed by atoms with Gasteiger partial charge in [-0.2, -0.15) is 0 Å². The number of furan rings is 1. The summed E-state index contributed by atoms with van der Waals surface area (Å²) >= 11 is 1.69. The van der Waals surface area contributed by atoms with Gasteiger partial charge in [0.2, 0.25) is 5.71 Å². The minimum Gasteiger partial charge on any atom is -0.512 e. The number of rotatable bonds is 8. The van der Waals surface area contributed by atoms with Gasteiger partial charge in [-0.1, -0.05) is 44.7 Å². The van der Waals surface area contributed by atoms with Crippen molar-refractivity contribution in [2.45, 2.75) is 60.3 Å². The van der Waals surface area contributed by atoms with E-state index < -0.39 is 0 Å². The number of carbonyl (C=O) groups excluding carboxylic acids is 1. The van der Waals surface area contributed by atoms with E-state index in [1.807, 2.05) is 65.0 Å². The molecule has 0 fully saturated rings. The van der Waals surface area contributed by atoms with E-state index in [0.29, 0.717) is 5.71 Å². The van der Waals surface area contributed by atoms with Gasteiger partial charge in [-0.3, -0.25) is 9.78 Å². The molecule has 39 heavy (non-hydrogen) atoms. The molecule has 0 aliphatic carbocycles. The molecule has 0 bridgehead atoms. The van der Waals surface area contributed by atoms with Crippen molar-refractivity contribution in [3.8, 4) is 11.3 Å². The fourth-order valence-corrected chi connectivity index (χ4v) is 5.40. The molecule has 0 amide bonds. The second-order valence-corrected chi connectivity index (χ2v) is 10.4. The van der Waals surface area contributed by atoms with E-state index in [2.05, 4.69) is 28.6 Å². The van der Waals surface area contributed by atoms with Crippen molar-refractivity contribution in [2.24, 2.45) is 11.8 Å². The molecule has 0 spiro atoms. The molecule has 1 radical (unpaired) electrons. The zero-order valence-electron chi connectivity index (χ0n) is 23.1. The topological polar surface area (TPSA) is 76.2 Å². The summed E-state index contributed by atoms with van der Waals surface area (Å²) in [6.45, 7) is 10.0. The second-order valence-electron chi connectivity index (χ2n) is 9.50. The number of benzene rings is 1. The van der Waals surface area contributed by atoms with Crippen LogP contribution in [0, 0.1) is 24.8 Å². The number of hydrogen-bond donors (Lipinski definition) is 1. The molecule has 5 nitrogen and oxygen atoms in total. The maximum atomic E-state index is 11.7. The summed E-state index contributed by atoms with van der Waals surface area (Å²) in [5, 5.41) is 13.9. The standard InChI is InChI=1S/C19H11N2OS.C13H24O2.Ir/c1-11-5-6-13-12-3-2-4-14(18(12)22-19(13)20-11)15-7-8-17-16(21-15)9-10-23-17;1-5-10(6-2)12(14)9-13(15)11(7-3)8-4;/h2-3,5-10H,1H3;9-11,14H,5-8H2,1-4H3;/q-1;;/b;12-9-;. The molecule has 0 saturated carbocycles. The Morgan fingerprint density at radius 3 is 2.38 bits per heavy atom. The number of carbonyl (C=O) groups is 1. The van der Waals surface area contributed by atoms with Gasteiger partial charge in [0, 0.05) is 49.1 Å². The van der Waals surface area contributed by atoms with Gasteiger partial charge in [0.15, 0.2) is 5.78 Å². The van der Waals surface area contributed by atoms with Gasteiger partial charge in [-0.15, -0.1) is 29.5 Å². The van der Waals surface area contributed by atoms with E-state index >= 15 is 0 Å². The Kier molecular flexibility index (Phi) is 11.0. The molecule has 0 atom stereocenters. The van der Waals surface area contributed by atoms with E-state index in [4.69, 9.17) is 9.40 Å². The Labute approximate surface area is 247 Å². The molecule has 207 valence electrons. The minimum absolute atomic E-state index is 0. The predicted octanol–water partition coefficient (Wildman–Crippen LogP) is 9.23. The SMILES string of the molecule is CCC(CC)C(=O)/C=C(\O)C(CC)CC.Cc1ccc2c(n1)oc1c(-c3ccc4sccc4n3)[c-]ccc12.[Ir]. The molecule has 7 heteroatoms. The Balaban J connectivity index is 0.000000233. The average molecular weight is 720 g/mol. The van der Waals surface area contributed by atoms with Crippen LogP contribution >= 0.6 is 11.3 Å². The number of fused-ring (bicyclic) bond motifs is 4. The molecule has 5 rings (SSSR count). The van der Waals surface area contributed by atoms with Crippen molar-refractivity contribution in [2.75, 3.05) is 0 Å². The number of hydrogen-bond acceptors (Lipinski definition) is 6. The van der Waals surface area contributed by atoms with Crippen molar-refractivity contribution < 1.29 is 34.4 Å². The fraction of sp³-hybridized carbons (Fsp3) is 0.344. The Morgan fingerprint density at radius 2 is 1.69 bits per heavy atom. The van der Waals surface area contributed by atoms with Gasteiger partial charge in [-0.05, 0) is 67.9 Å². The number of aliphatic hydroxyl groups excluding tert-OH is 1. The van der Waals surface area contributed by atoms with Gasteiger partial charge < -0.3 is 9.52 Å². The summed E-state index contributed by atoms with van der Waals surface area (Å²) in [5.41, 5.74) is 5.16. The van der Waals surface area contributed by atoms with Crippen molar-refractivity contribution >= 4 is 49.4 Å². The summed E-state index contributed by atoms with van der Waals surface area (Å²) in [7, 11) is 0. The molecular formula is C32H35IrN2O3S-. The maximum Gasteiger partial charge on any atom is 0.216 e. The van der Waals surface area contributed by atoms with Crippen LogP contribution in [0.15, 0.2) is 64.1 Å². The van der Waals surface area contributed by atoms with Crippen molar-refractivity contribution in [3.63, 3.8) is 0 Å². The van der Waals surface area contributed by atoms with Crippen LogP contribution in [0.25, 0.3) is 43.5 Å². The molecule has 0 aliphatic heterocycles. The third-order valence-electron chi connectivity index (χ3n) is 7.08. The van der Waals surface area contributed by atoms with Crippen LogP contribution in [0.4, 0.5) is 0 Å². The molecule has 0 aliphatic rings. The van der Waals surface area contributed by atoms with E-state index in [1.165, 1.54) is 10.8 Å². The van der Waals surface area contributed by atoms with Crippen LogP contribution < -0.4 is 0 Å². The summed E-state index contributed by atoms with van der Waals surface area (Å²) in [6.07, 6.45) is 4.91. The largest absolute Gasteiger partial charge is 0.512 e. The first kappa shape index (κ1) is 30.7. The first-order valence-electron chi connectivity index (χ1n) is 13.4. The van der Waals surface area contributed by atoms with Gasteiger partial charge in [0.05, 0.1) is 21.6 Å². The summed E-state index contributed by atoms with van der Waals surface area (Å²) < 4.78 is 7.22. The molecule has 1 N–H and O–H groups in total. The van der Waals surface area contributed by atoms with Gasteiger partial charge in [-0.25, -0.2) is 4.98 Å². The van der Waals surface area contributed by atoms with Crippen molar-refractivity contribution in [1.29, 1.82) is 0 Å². The van der Waals surface area contributed by atoms with Crippen LogP contribution in [0.5, 0.6) is 0 Å². The summed E-state index contributed by atoms with van der Waals surface area (Å²) in [4.78, 5) is 20.9. The predicted molar refractivity (Wildman–Crippen MR) is 158 cm³/mol. The number of aromatic nitrogens is 2. The minimum atomic E-state index is 0. The van der Waals surface area contributed by atoms with Gasteiger partial charge in [0.1, 0.15) is 0 Å². The van der Waals surface area contributed by atoms with E-state index in [9.17, 15) is 9.90 Å². The van der Waals surface area contributed by atoms with Gasteiger partial charge in [0.25, 0.3) is 0 Å². The van der Waals surface area contributed by atoms with E-state index in [1.54, 1.807) is 11.3 Å². The summed E-state index contributed by atoms with van der Waals surface area (Å²) in [6, 6.07) is 17.4. The molecule has 0 saturated heterocycles. The van der Waals surface area contributed by atoms with Crippen molar-refractivity contribution in [1.82, 2.24) is 9.97 Å². The fourth-order valence-electron chi connectivity index (χ4n) is 4.68. The number of nitrogens with zero attached hydrogens (tertiary/aromatic N) is 2. The first-order chi connectivity index (χ1) is 18.4. The Morgan fingerprint density at radius 1 is 0.974 bits per heavy atom. The van der Waals surface area contributed by atoms with Crippen LogP contribution in [-0.4, -0.2) is 20.9 Å². The van der Waals surface area contributed by atoms with Crippen LogP contribution in [0.2, 0.25) is 0 Å². The Hall–Kier alpha value is -2.86. The quantitative estimate of drug-likeness (QED) is 0.0984. The Bertz CT molecular complexity index is 1580. The number of ketones is 1. The summed E-state index contributed by atoms with van der Waals surface area (Å²) in [5.74, 6) is 0.547. The number of thiophene rings is 1. The third kappa shape index (κ3) is 6.84. The van der Waals surface area contributed by atoms with Crippen LogP contribution in [-0.2, 0) is 24.9 Å². The number of pyridine rings is 2. The number of aryl methyl sites for hydroxylation is 1. The molecular weight excluding hydrogens is 685 g/mol. The number of aliphatic hydroxyl groups is 1. The van der Waals surface area contributed by atoms with Crippen molar-refractivity contribution in [3.05, 3.63) is 71.4 Å². The molecule has 4 aromatic heterocycles. The normalized spacial score (nSPS) is 11.7. The average Bonchev–Trinajstić information content (AvgIpc) is 3.54. The molecule has 0 unspecified atom stereocenters. The zero-order chi connectivity index (χ0) is 27.2. The maximum absolute atomic E-state index is 11.7. The van der Waals surface area contributed by atoms with Gasteiger partial charge >= 0.3 is 0 Å². The molecule has 5 aromatic rings. The second kappa shape index (κ2) is 14.0. The first-order valence-corrected chi connectivity index (χ1v) is 14.3. The smallest absolute Gasteiger partial charge is 0.216 e. The van der Waals surface area contributed by atoms with Crippen LogP contribution in [0.1, 0.15) is 59.1 Å². The number of allylic oxidation sites excluding steroid dienone is 2.